The first-order valence-corrected chi connectivity index (χ1v) is 11.0. The quantitative estimate of drug-likeness (QED) is 0.412. The molecule has 2 aromatic heterocycles. The molecule has 0 spiro atoms. The number of halogens is 2. The lowest BCUT2D eigenvalue weighted by atomic mass is 10.1. The van der Waals surface area contributed by atoms with Gasteiger partial charge in [-0.25, -0.2) is 9.37 Å². The van der Waals surface area contributed by atoms with Gasteiger partial charge in [0, 0.05) is 23.2 Å². The van der Waals surface area contributed by atoms with Crippen molar-refractivity contribution in [1.29, 1.82) is 0 Å². The van der Waals surface area contributed by atoms with Crippen LogP contribution < -0.4 is 10.6 Å². The molecule has 0 unspecified atom stereocenters. The van der Waals surface area contributed by atoms with Crippen LogP contribution in [0.1, 0.15) is 43.6 Å². The van der Waals surface area contributed by atoms with E-state index in [1.807, 2.05) is 13.0 Å². The highest BCUT2D eigenvalue weighted by Crippen LogP contribution is 2.33. The third-order valence-corrected chi connectivity index (χ3v) is 6.14. The van der Waals surface area contributed by atoms with Crippen molar-refractivity contribution in [2.24, 2.45) is 0 Å². The van der Waals surface area contributed by atoms with Gasteiger partial charge in [-0.3, -0.25) is 14.0 Å². The number of hydrogen-bond acceptors (Lipinski definition) is 4. The van der Waals surface area contributed by atoms with Gasteiger partial charge in [-0.1, -0.05) is 23.7 Å². The zero-order valence-corrected chi connectivity index (χ0v) is 18.8. The van der Waals surface area contributed by atoms with E-state index >= 15 is 0 Å². The van der Waals surface area contributed by atoms with Crippen LogP contribution in [0.4, 0.5) is 10.1 Å². The Morgan fingerprint density at radius 2 is 1.97 bits per heavy atom. The molecular formula is C25H20ClFN4O3. The second-order valence-electron chi connectivity index (χ2n) is 8.29. The fourth-order valence-corrected chi connectivity index (χ4v) is 4.40. The van der Waals surface area contributed by atoms with Crippen molar-refractivity contribution in [3.05, 3.63) is 99.7 Å². The van der Waals surface area contributed by atoms with Crippen LogP contribution in [0.5, 0.6) is 0 Å². The first kappa shape index (κ1) is 22.1. The van der Waals surface area contributed by atoms with Gasteiger partial charge in [0.2, 0.25) is 0 Å². The van der Waals surface area contributed by atoms with E-state index in [-0.39, 0.29) is 16.9 Å². The Bertz CT molecular complexity index is 1450. The van der Waals surface area contributed by atoms with Crippen LogP contribution in [-0.4, -0.2) is 32.4 Å². The number of carbonyl (C=O) groups excluding carboxylic acids is 2. The number of aromatic nitrogens is 2. The van der Waals surface area contributed by atoms with E-state index in [0.717, 1.165) is 22.8 Å². The minimum Gasteiger partial charge on any atom is -0.390 e. The lowest BCUT2D eigenvalue weighted by Crippen LogP contribution is -2.34. The summed E-state index contributed by atoms with van der Waals surface area (Å²) in [5, 5.41) is 16.3. The first-order chi connectivity index (χ1) is 16.3. The minimum atomic E-state index is -0.810. The predicted molar refractivity (Wildman–Crippen MR) is 126 cm³/mol. The Balaban J connectivity index is 1.37. The summed E-state index contributed by atoms with van der Waals surface area (Å²) in [6, 6.07) is 12.0. The highest BCUT2D eigenvalue weighted by Gasteiger charge is 2.32. The van der Waals surface area contributed by atoms with Crippen LogP contribution >= 0.6 is 11.6 Å². The van der Waals surface area contributed by atoms with E-state index in [9.17, 15) is 19.1 Å². The largest absolute Gasteiger partial charge is 0.390 e. The van der Waals surface area contributed by atoms with Gasteiger partial charge < -0.3 is 15.7 Å². The van der Waals surface area contributed by atoms with Crippen molar-refractivity contribution >= 4 is 34.7 Å². The van der Waals surface area contributed by atoms with Gasteiger partial charge >= 0.3 is 0 Å². The molecule has 3 N–H and O–H groups in total. The maximum absolute atomic E-state index is 14.5. The summed E-state index contributed by atoms with van der Waals surface area (Å²) in [6.07, 6.45) is 2.72. The number of carbonyl (C=O) groups is 2. The molecule has 1 aliphatic carbocycles. The topological polar surface area (TPSA) is 95.7 Å². The molecule has 0 aliphatic heterocycles. The van der Waals surface area contributed by atoms with E-state index in [1.165, 1.54) is 18.3 Å². The summed E-state index contributed by atoms with van der Waals surface area (Å²) in [6.45, 7) is 1.89. The molecule has 1 aliphatic rings. The minimum absolute atomic E-state index is 0.139. The zero-order chi connectivity index (χ0) is 24.0. The molecular weight excluding hydrogens is 459 g/mol. The summed E-state index contributed by atoms with van der Waals surface area (Å²) in [7, 11) is 0. The number of aliphatic hydroxyl groups excluding tert-OH is 1. The van der Waals surface area contributed by atoms with Crippen LogP contribution in [0.3, 0.4) is 0 Å². The number of nitrogens with one attached hydrogen (secondary N) is 2. The van der Waals surface area contributed by atoms with E-state index in [4.69, 9.17) is 11.6 Å². The van der Waals surface area contributed by atoms with Crippen molar-refractivity contribution in [2.75, 3.05) is 5.32 Å². The fraction of sp³-hybridized carbons (Fsp3) is 0.160. The summed E-state index contributed by atoms with van der Waals surface area (Å²) in [5.74, 6) is -1.75. The first-order valence-electron chi connectivity index (χ1n) is 10.6. The van der Waals surface area contributed by atoms with Crippen molar-refractivity contribution in [1.82, 2.24) is 14.7 Å². The monoisotopic (exact) mass is 478 g/mol. The lowest BCUT2D eigenvalue weighted by Gasteiger charge is -2.18. The number of nitrogens with zero attached hydrogens (tertiary/aromatic N) is 2. The molecule has 4 aromatic rings. The van der Waals surface area contributed by atoms with E-state index < -0.39 is 29.8 Å². The second kappa shape index (κ2) is 8.55. The fourth-order valence-electron chi connectivity index (χ4n) is 4.21. The number of benzene rings is 2. The molecule has 7 nitrogen and oxygen atoms in total. The van der Waals surface area contributed by atoms with Gasteiger partial charge in [0.25, 0.3) is 11.8 Å². The number of aryl methyl sites for hydroxylation is 1. The number of rotatable bonds is 4. The van der Waals surface area contributed by atoms with Crippen LogP contribution in [0, 0.1) is 12.7 Å². The van der Waals surface area contributed by atoms with Crippen molar-refractivity contribution in [3.63, 3.8) is 0 Å². The number of amides is 2. The smallest absolute Gasteiger partial charge is 0.274 e. The molecule has 2 atom stereocenters. The van der Waals surface area contributed by atoms with Crippen molar-refractivity contribution in [2.45, 2.75) is 25.5 Å². The number of fused-ring (bicyclic) bond motifs is 2. The second-order valence-corrected chi connectivity index (χ2v) is 8.73. The highest BCUT2D eigenvalue weighted by atomic mass is 35.5. The Hall–Kier alpha value is -3.75. The van der Waals surface area contributed by atoms with Gasteiger partial charge in [-0.2, -0.15) is 0 Å². The van der Waals surface area contributed by atoms with Gasteiger partial charge in [0.15, 0.2) is 0 Å². The average molecular weight is 479 g/mol. The molecule has 0 saturated heterocycles. The summed E-state index contributed by atoms with van der Waals surface area (Å²) in [4.78, 5) is 29.9. The van der Waals surface area contributed by atoms with E-state index in [1.54, 1.807) is 34.9 Å². The zero-order valence-electron chi connectivity index (χ0n) is 18.0. The number of imidazole rings is 1. The molecule has 0 radical (unpaired) electrons. The van der Waals surface area contributed by atoms with E-state index in [0.29, 0.717) is 17.1 Å². The molecule has 0 fully saturated rings. The van der Waals surface area contributed by atoms with E-state index in [2.05, 4.69) is 15.6 Å². The summed E-state index contributed by atoms with van der Waals surface area (Å²) >= 11 is 6.03. The molecule has 0 bridgehead atoms. The van der Waals surface area contributed by atoms with Crippen molar-refractivity contribution in [3.8, 4) is 0 Å². The average Bonchev–Trinajstić information content (AvgIpc) is 3.35. The maximum Gasteiger partial charge on any atom is 0.274 e. The molecule has 34 heavy (non-hydrogen) atoms. The highest BCUT2D eigenvalue weighted by molar-refractivity contribution is 6.30. The Morgan fingerprint density at radius 3 is 2.79 bits per heavy atom. The van der Waals surface area contributed by atoms with Gasteiger partial charge in [0.1, 0.15) is 17.2 Å². The summed E-state index contributed by atoms with van der Waals surface area (Å²) < 4.78 is 16.1. The van der Waals surface area contributed by atoms with Gasteiger partial charge in [-0.05, 0) is 60.0 Å². The molecule has 2 heterocycles. The van der Waals surface area contributed by atoms with Crippen LogP contribution in [0.2, 0.25) is 5.02 Å². The lowest BCUT2D eigenvalue weighted by molar-refractivity contribution is 0.0857. The van der Waals surface area contributed by atoms with Gasteiger partial charge in [0.05, 0.1) is 24.0 Å². The number of hydrogen-bond donors (Lipinski definition) is 3. The number of pyridine rings is 1. The van der Waals surface area contributed by atoms with Crippen LogP contribution in [0.15, 0.2) is 60.9 Å². The van der Waals surface area contributed by atoms with Gasteiger partial charge in [-0.15, -0.1) is 0 Å². The summed E-state index contributed by atoms with van der Waals surface area (Å²) in [5.41, 5.74) is 3.39. The Morgan fingerprint density at radius 1 is 1.15 bits per heavy atom. The molecule has 2 aromatic carbocycles. The third-order valence-electron chi connectivity index (χ3n) is 5.90. The number of anilines is 1. The Kier molecular flexibility index (Phi) is 5.55. The molecule has 0 saturated carbocycles. The third kappa shape index (κ3) is 4.02. The molecule has 172 valence electrons. The normalized spacial score (nSPS) is 16.9. The molecule has 9 heteroatoms. The molecule has 2 amide bonds. The number of aliphatic hydroxyl groups is 1. The van der Waals surface area contributed by atoms with Crippen LogP contribution in [-0.2, 0) is 6.42 Å². The standard InChI is InChI=1S/C25H20ClFN4O3/c1-13-2-7-22-28-11-20(31(22)12-13)25(34)29-19-9-14(3-6-18(19)27)24(33)30-23-17-5-4-16(26)8-15(17)10-21(23)32/h2-9,11-12,21,23,32H,10H2,1H3,(H,29,34)(H,30,33)/t21-,23+/m0/s1. The SMILES string of the molecule is Cc1ccc2ncc(C(=O)Nc3cc(C(=O)N[C@@H]4c5ccc(Cl)cc5C[C@@H]4O)ccc3F)n2c1. The molecule has 5 rings (SSSR count). The predicted octanol–water partition coefficient (Wildman–Crippen LogP) is 4.08. The van der Waals surface area contributed by atoms with Crippen LogP contribution in [0.25, 0.3) is 5.65 Å². The van der Waals surface area contributed by atoms with Crippen molar-refractivity contribution < 1.29 is 19.1 Å². The Labute approximate surface area is 199 Å². The maximum atomic E-state index is 14.5.